The number of esters is 1. The topological polar surface area (TPSA) is 64.9 Å². The van der Waals surface area contributed by atoms with Gasteiger partial charge in [0.05, 0.1) is 23.0 Å². The monoisotopic (exact) mass is 427 g/mol. The lowest BCUT2D eigenvalue weighted by Gasteiger charge is -2.39. The van der Waals surface area contributed by atoms with Gasteiger partial charge in [0, 0.05) is 24.6 Å². The van der Waals surface area contributed by atoms with E-state index in [1.54, 1.807) is 19.2 Å². The summed E-state index contributed by atoms with van der Waals surface area (Å²) in [6.45, 7) is 4.06. The van der Waals surface area contributed by atoms with Gasteiger partial charge in [0.15, 0.2) is 11.8 Å². The zero-order chi connectivity index (χ0) is 22.2. The third kappa shape index (κ3) is 3.33. The number of hydrogen-bond donors (Lipinski definition) is 1. The quantitative estimate of drug-likeness (QED) is 0.463. The number of nitrogens with zero attached hydrogens (tertiary/aromatic N) is 2. The van der Waals surface area contributed by atoms with Crippen molar-refractivity contribution >= 4 is 17.3 Å². The first-order valence-electron chi connectivity index (χ1n) is 10.7. The number of aromatic nitrogens is 2. The van der Waals surface area contributed by atoms with Crippen molar-refractivity contribution in [3.05, 3.63) is 101 Å². The summed E-state index contributed by atoms with van der Waals surface area (Å²) in [6.07, 6.45) is 0.976. The molecule has 1 aliphatic rings. The number of aryl methyl sites for hydroxylation is 2. The zero-order valence-corrected chi connectivity index (χ0v) is 18.3. The van der Waals surface area contributed by atoms with Crippen LogP contribution >= 0.6 is 0 Å². The fraction of sp³-hybridized carbons (Fsp3) is 0.231. The first-order chi connectivity index (χ1) is 15.6. The summed E-state index contributed by atoms with van der Waals surface area (Å²) >= 11 is 0. The molecule has 0 bridgehead atoms. The summed E-state index contributed by atoms with van der Waals surface area (Å²) in [4.78, 5) is 17.8. The van der Waals surface area contributed by atoms with Gasteiger partial charge in [0.1, 0.15) is 6.10 Å². The third-order valence-electron chi connectivity index (χ3n) is 6.20. The Kier molecular flexibility index (Phi) is 5.15. The molecule has 0 fully saturated rings. The van der Waals surface area contributed by atoms with Crippen molar-refractivity contribution < 1.29 is 14.3 Å². The van der Waals surface area contributed by atoms with E-state index in [-0.39, 0.29) is 12.0 Å². The minimum atomic E-state index is -0.567. The Morgan fingerprint density at radius 3 is 2.38 bits per heavy atom. The number of anilines is 1. The Morgan fingerprint density at radius 2 is 1.69 bits per heavy atom. The minimum Gasteiger partial charge on any atom is -0.453 e. The van der Waals surface area contributed by atoms with E-state index < -0.39 is 12.2 Å². The Balaban J connectivity index is 1.63. The number of imidazole rings is 1. The summed E-state index contributed by atoms with van der Waals surface area (Å²) in [7, 11) is 1.65. The number of methoxy groups -OCH3 is 1. The molecule has 6 heteroatoms. The van der Waals surface area contributed by atoms with Crippen LogP contribution < -0.4 is 5.32 Å². The van der Waals surface area contributed by atoms with E-state index in [0.29, 0.717) is 5.56 Å². The largest absolute Gasteiger partial charge is 0.453 e. The summed E-state index contributed by atoms with van der Waals surface area (Å²) in [5.41, 5.74) is 6.24. The molecule has 3 heterocycles. The molecule has 1 N–H and O–H groups in total. The minimum absolute atomic E-state index is 0.301. The molecule has 2 aromatic carbocycles. The molecule has 4 aromatic rings. The number of hydrogen-bond acceptors (Lipinski definition) is 5. The summed E-state index contributed by atoms with van der Waals surface area (Å²) < 4.78 is 14.1. The smallest absolute Gasteiger partial charge is 0.338 e. The molecule has 2 aromatic heterocycles. The molecule has 0 amide bonds. The van der Waals surface area contributed by atoms with Crippen LogP contribution in [0.2, 0.25) is 0 Å². The van der Waals surface area contributed by atoms with E-state index in [9.17, 15) is 4.79 Å². The molecule has 0 saturated carbocycles. The molecule has 0 spiro atoms. The molecule has 0 unspecified atom stereocenters. The molecular weight excluding hydrogens is 402 g/mol. The predicted octanol–water partition coefficient (Wildman–Crippen LogP) is 5.03. The van der Waals surface area contributed by atoms with Crippen molar-refractivity contribution in [1.29, 1.82) is 0 Å². The molecule has 5 rings (SSSR count). The maximum atomic E-state index is 13.0. The fourth-order valence-corrected chi connectivity index (χ4v) is 4.42. The normalized spacial score (nSPS) is 19.9. The molecule has 32 heavy (non-hydrogen) atoms. The number of rotatable bonds is 4. The van der Waals surface area contributed by atoms with Gasteiger partial charge < -0.3 is 19.2 Å². The molecule has 6 nitrogen and oxygen atoms in total. The van der Waals surface area contributed by atoms with E-state index in [0.717, 1.165) is 33.8 Å². The van der Waals surface area contributed by atoms with Crippen LogP contribution in [0.4, 0.5) is 5.69 Å². The second-order valence-corrected chi connectivity index (χ2v) is 8.05. The van der Waals surface area contributed by atoms with E-state index in [4.69, 9.17) is 14.5 Å². The Labute approximate surface area is 186 Å². The first-order valence-corrected chi connectivity index (χ1v) is 10.7. The number of carbonyl (C=O) groups is 1. The van der Waals surface area contributed by atoms with Crippen LogP contribution in [0.15, 0.2) is 72.9 Å². The molecule has 0 radical (unpaired) electrons. The SMILES string of the molecule is CO[C@@H]1c2ccn3c(C)c(C)nc3c2N[C@H](c2ccccc2)[C@H]1OC(=O)c1ccccc1. The van der Waals surface area contributed by atoms with Crippen molar-refractivity contribution in [1.82, 2.24) is 9.38 Å². The van der Waals surface area contributed by atoms with Gasteiger partial charge in [-0.15, -0.1) is 0 Å². The highest BCUT2D eigenvalue weighted by atomic mass is 16.6. The first kappa shape index (κ1) is 20.3. The van der Waals surface area contributed by atoms with Crippen molar-refractivity contribution in [2.45, 2.75) is 32.1 Å². The second kappa shape index (κ2) is 8.13. The van der Waals surface area contributed by atoms with E-state index in [2.05, 4.69) is 16.6 Å². The van der Waals surface area contributed by atoms with Crippen LogP contribution in [0.5, 0.6) is 0 Å². The Bertz CT molecular complexity index is 1270. The lowest BCUT2D eigenvalue weighted by molar-refractivity contribution is -0.0478. The lowest BCUT2D eigenvalue weighted by atomic mass is 9.88. The van der Waals surface area contributed by atoms with Gasteiger partial charge >= 0.3 is 5.97 Å². The van der Waals surface area contributed by atoms with Crippen LogP contribution in [0, 0.1) is 13.8 Å². The number of nitrogens with one attached hydrogen (secondary N) is 1. The van der Waals surface area contributed by atoms with E-state index in [1.807, 2.05) is 67.7 Å². The van der Waals surface area contributed by atoms with Crippen molar-refractivity contribution in [3.8, 4) is 0 Å². The summed E-state index contributed by atoms with van der Waals surface area (Å²) in [6, 6.07) is 20.7. The zero-order valence-electron chi connectivity index (χ0n) is 18.3. The molecule has 0 saturated heterocycles. The highest BCUT2D eigenvalue weighted by Gasteiger charge is 2.42. The Morgan fingerprint density at radius 1 is 1.00 bits per heavy atom. The number of ether oxygens (including phenoxy) is 2. The number of benzene rings is 2. The van der Waals surface area contributed by atoms with E-state index in [1.165, 1.54) is 0 Å². The van der Waals surface area contributed by atoms with Gasteiger partial charge in [0.2, 0.25) is 0 Å². The number of fused-ring (bicyclic) bond motifs is 3. The van der Waals surface area contributed by atoms with Gasteiger partial charge in [0.25, 0.3) is 0 Å². The standard InChI is InChI=1S/C26H25N3O3/c1-16-17(2)29-15-14-20-22(25(29)27-16)28-21(18-10-6-4-7-11-18)24(23(20)31-3)32-26(30)19-12-8-5-9-13-19/h4-15,21,23-24,28H,1-3H3/t21-,23-,24-/m1/s1. The van der Waals surface area contributed by atoms with Gasteiger partial charge in [-0.05, 0) is 37.6 Å². The number of carbonyl (C=O) groups excluding carboxylic acids is 1. The van der Waals surface area contributed by atoms with Gasteiger partial charge in [-0.25, -0.2) is 9.78 Å². The lowest BCUT2D eigenvalue weighted by Crippen LogP contribution is -2.40. The molecular formula is C26H25N3O3. The average Bonchev–Trinajstić information content (AvgIpc) is 3.13. The molecule has 162 valence electrons. The fourth-order valence-electron chi connectivity index (χ4n) is 4.42. The highest BCUT2D eigenvalue weighted by molar-refractivity contribution is 5.89. The second-order valence-electron chi connectivity index (χ2n) is 8.05. The maximum absolute atomic E-state index is 13.0. The van der Waals surface area contributed by atoms with Crippen LogP contribution in [0.25, 0.3) is 5.65 Å². The van der Waals surface area contributed by atoms with Gasteiger partial charge in [-0.3, -0.25) is 0 Å². The third-order valence-corrected chi connectivity index (χ3v) is 6.20. The van der Waals surface area contributed by atoms with Gasteiger partial charge in [-0.2, -0.15) is 0 Å². The van der Waals surface area contributed by atoms with Crippen molar-refractivity contribution in [2.75, 3.05) is 12.4 Å². The molecule has 3 atom stereocenters. The average molecular weight is 428 g/mol. The Hall–Kier alpha value is -3.64. The van der Waals surface area contributed by atoms with Crippen molar-refractivity contribution in [2.24, 2.45) is 0 Å². The van der Waals surface area contributed by atoms with Crippen LogP contribution in [0.1, 0.15) is 45.0 Å². The summed E-state index contributed by atoms with van der Waals surface area (Å²) in [5.74, 6) is -0.377. The number of pyridine rings is 1. The van der Waals surface area contributed by atoms with Crippen molar-refractivity contribution in [3.63, 3.8) is 0 Å². The van der Waals surface area contributed by atoms with Crippen LogP contribution in [-0.2, 0) is 9.47 Å². The van der Waals surface area contributed by atoms with Gasteiger partial charge in [-0.1, -0.05) is 48.5 Å². The predicted molar refractivity (Wildman–Crippen MR) is 123 cm³/mol. The highest BCUT2D eigenvalue weighted by Crippen LogP contribution is 2.44. The molecule has 0 aliphatic carbocycles. The molecule has 1 aliphatic heterocycles. The van der Waals surface area contributed by atoms with E-state index >= 15 is 0 Å². The maximum Gasteiger partial charge on any atom is 0.338 e. The van der Waals surface area contributed by atoms with Crippen LogP contribution in [-0.4, -0.2) is 28.6 Å². The van der Waals surface area contributed by atoms with Crippen LogP contribution in [0.3, 0.4) is 0 Å². The summed E-state index contributed by atoms with van der Waals surface area (Å²) in [5, 5.41) is 3.63.